The number of para-hydroxylation sites is 1. The lowest BCUT2D eigenvalue weighted by Crippen LogP contribution is -2.10. The first kappa shape index (κ1) is 20.8. The number of fused-ring (bicyclic) bond motifs is 4. The van der Waals surface area contributed by atoms with Crippen molar-refractivity contribution in [1.29, 1.82) is 0 Å². The molecule has 9 aromatic carbocycles. The first-order valence-corrected chi connectivity index (χ1v) is 17.5. The van der Waals surface area contributed by atoms with Crippen LogP contribution in [0.25, 0.3) is 71.6 Å². The molecule has 0 saturated carbocycles. The Balaban J connectivity index is 1.20. The van der Waals surface area contributed by atoms with E-state index in [9.17, 15) is 8.22 Å². The summed E-state index contributed by atoms with van der Waals surface area (Å²) < 4.78 is 120. The maximum atomic E-state index is 9.63. The van der Waals surface area contributed by atoms with Crippen LogP contribution in [0.15, 0.2) is 218 Å². The molecule has 0 amide bonds. The Morgan fingerprint density at radius 1 is 0.370 bits per heavy atom. The number of nitrogens with zero attached hydrogens (tertiary/aromatic N) is 2. The van der Waals surface area contributed by atoms with Crippen LogP contribution in [-0.4, -0.2) is 4.57 Å². The normalized spacial score (nSPS) is 14.7. The van der Waals surface area contributed by atoms with Crippen molar-refractivity contribution in [2.24, 2.45) is 0 Å². The number of hydrogen-bond acceptors (Lipinski definition) is 1. The summed E-state index contributed by atoms with van der Waals surface area (Å²) in [6, 6.07) is 35.6. The van der Waals surface area contributed by atoms with Gasteiger partial charge in [0.25, 0.3) is 0 Å². The van der Waals surface area contributed by atoms with E-state index in [1.165, 1.54) is 4.90 Å². The van der Waals surface area contributed by atoms with Crippen molar-refractivity contribution in [3.8, 4) is 39.1 Å². The molecular formula is C52H36N2. The van der Waals surface area contributed by atoms with Crippen molar-refractivity contribution >= 4 is 49.6 Å². The summed E-state index contributed by atoms with van der Waals surface area (Å²) >= 11 is 0. The molecule has 0 aliphatic carbocycles. The molecule has 0 unspecified atom stereocenters. The Kier molecular flexibility index (Phi) is 5.17. The van der Waals surface area contributed by atoms with E-state index in [4.69, 9.17) is 9.60 Å². The lowest BCUT2D eigenvalue weighted by molar-refractivity contribution is 1.19. The lowest BCUT2D eigenvalue weighted by Gasteiger charge is -2.26. The van der Waals surface area contributed by atoms with Crippen molar-refractivity contribution in [2.45, 2.75) is 0 Å². The Morgan fingerprint density at radius 2 is 1.04 bits per heavy atom. The van der Waals surface area contributed by atoms with E-state index in [-0.39, 0.29) is 16.9 Å². The maximum Gasteiger partial charge on any atom is 0.0651 e. The van der Waals surface area contributed by atoms with Crippen LogP contribution in [0.4, 0.5) is 17.1 Å². The van der Waals surface area contributed by atoms with E-state index in [0.29, 0.717) is 5.56 Å². The van der Waals surface area contributed by atoms with Gasteiger partial charge in [0.15, 0.2) is 0 Å². The smallest absolute Gasteiger partial charge is 0.0651 e. The monoisotopic (exact) mass is 701 g/mol. The van der Waals surface area contributed by atoms with Crippen LogP contribution in [0.2, 0.25) is 0 Å². The minimum Gasteiger partial charge on any atom is -0.310 e. The van der Waals surface area contributed by atoms with Gasteiger partial charge in [-0.05, 0) is 111 Å². The Bertz CT molecular complexity index is 3620. The number of hydrogen-bond donors (Lipinski definition) is 0. The maximum absolute atomic E-state index is 9.63. The molecule has 0 spiro atoms. The minimum atomic E-state index is -0.748. The van der Waals surface area contributed by atoms with Gasteiger partial charge in [0, 0.05) is 33.5 Å². The largest absolute Gasteiger partial charge is 0.310 e. The molecule has 10 rings (SSSR count). The Hall–Kier alpha value is -7.16. The number of anilines is 3. The molecule has 10 aromatic rings. The summed E-state index contributed by atoms with van der Waals surface area (Å²) in [6.45, 7) is 0. The van der Waals surface area contributed by atoms with Gasteiger partial charge in [-0.1, -0.05) is 151 Å². The average molecular weight is 702 g/mol. The highest BCUT2D eigenvalue weighted by Crippen LogP contribution is 2.40. The van der Waals surface area contributed by atoms with Gasteiger partial charge in [-0.15, -0.1) is 0 Å². The van der Waals surface area contributed by atoms with Gasteiger partial charge in [0.2, 0.25) is 0 Å². The zero-order chi connectivity index (χ0) is 47.2. The molecule has 54 heavy (non-hydrogen) atoms. The highest BCUT2D eigenvalue weighted by atomic mass is 15.1. The predicted molar refractivity (Wildman–Crippen MR) is 229 cm³/mol. The molecule has 2 heteroatoms. The molecule has 0 N–H and O–H groups in total. The van der Waals surface area contributed by atoms with Gasteiger partial charge < -0.3 is 9.47 Å². The number of benzene rings is 9. The summed E-state index contributed by atoms with van der Waals surface area (Å²) in [6.07, 6.45) is 0. The third-order valence-corrected chi connectivity index (χ3v) is 9.61. The molecule has 0 atom stereocenters. The van der Waals surface area contributed by atoms with Gasteiger partial charge >= 0.3 is 0 Å². The predicted octanol–water partition coefficient (Wildman–Crippen LogP) is 14.4. The second-order valence-electron chi connectivity index (χ2n) is 12.8. The van der Waals surface area contributed by atoms with Gasteiger partial charge in [-0.3, -0.25) is 0 Å². The van der Waals surface area contributed by atoms with Crippen molar-refractivity contribution in [3.05, 3.63) is 218 Å². The van der Waals surface area contributed by atoms with Crippen molar-refractivity contribution in [3.63, 3.8) is 0 Å². The van der Waals surface area contributed by atoms with Crippen LogP contribution < -0.4 is 4.90 Å². The average Bonchev–Trinajstić information content (AvgIpc) is 3.68. The van der Waals surface area contributed by atoms with E-state index in [1.54, 1.807) is 30.3 Å². The quantitative estimate of drug-likeness (QED) is 0.161. The van der Waals surface area contributed by atoms with Crippen LogP contribution in [0.3, 0.4) is 0 Å². The Labute approximate surface area is 333 Å². The fourth-order valence-corrected chi connectivity index (χ4v) is 7.03. The van der Waals surface area contributed by atoms with Crippen molar-refractivity contribution in [2.75, 3.05) is 4.90 Å². The summed E-state index contributed by atoms with van der Waals surface area (Å²) in [7, 11) is 0. The third kappa shape index (κ3) is 5.71. The minimum absolute atomic E-state index is 0.00209. The molecular weight excluding hydrogens is 653 g/mol. The molecule has 0 aliphatic rings. The van der Waals surface area contributed by atoms with Gasteiger partial charge in [0.05, 0.1) is 28.9 Å². The van der Waals surface area contributed by atoms with E-state index >= 15 is 0 Å². The van der Waals surface area contributed by atoms with Gasteiger partial charge in [-0.25, -0.2) is 0 Å². The molecule has 1 aromatic heterocycles. The highest BCUT2D eigenvalue weighted by Gasteiger charge is 2.16. The SMILES string of the molecule is [2H]c1c([2H])c([2H])c(-c2c([2H])c([2H])c([2H])c(N(c3ccc(-c4ccccc4)cc3)c3c([2H])c([2H])c(-c4ccc5c(c4)c4ccccc4n5-c4ccc5ccccc5c4)c([2H])c3[2H])c2[2H])c([2H])c1[2H]. The Morgan fingerprint density at radius 3 is 1.87 bits per heavy atom. The molecule has 254 valence electrons. The first-order chi connectivity index (χ1) is 32.2. The summed E-state index contributed by atoms with van der Waals surface area (Å²) in [5, 5.41) is 3.90. The molecule has 0 radical (unpaired) electrons. The molecule has 2 nitrogen and oxygen atoms in total. The molecule has 1 heterocycles. The van der Waals surface area contributed by atoms with Gasteiger partial charge in [0.1, 0.15) is 0 Å². The number of rotatable bonds is 7. The zero-order valence-corrected chi connectivity index (χ0v) is 28.7. The van der Waals surface area contributed by atoms with E-state index in [2.05, 4.69) is 34.9 Å². The van der Waals surface area contributed by atoms with Gasteiger partial charge in [-0.2, -0.15) is 0 Å². The van der Waals surface area contributed by atoms with Crippen LogP contribution in [0, 0.1) is 0 Å². The molecule has 0 bridgehead atoms. The first-order valence-electron chi connectivity index (χ1n) is 24.0. The van der Waals surface area contributed by atoms with Crippen LogP contribution in [0.1, 0.15) is 17.8 Å². The summed E-state index contributed by atoms with van der Waals surface area (Å²) in [5.41, 5.74) is 3.08. The topological polar surface area (TPSA) is 8.17 Å². The van der Waals surface area contributed by atoms with Crippen LogP contribution in [0.5, 0.6) is 0 Å². The zero-order valence-electron chi connectivity index (χ0n) is 41.7. The number of aromatic nitrogens is 1. The standard InChI is InChI=1S/C52H36N2/c1-3-12-37(13-4-1)40-22-28-45(29-23-40)53(47-19-11-18-43(34-47)38-14-5-2-6-15-38)46-30-24-41(25-31-46)44-27-33-52-50(36-44)49-20-9-10-21-51(49)54(52)48-32-26-39-16-7-8-17-42(39)35-48/h1-36H/i2D,5D,6D,11D,14D,15D,18D,19D,24D,25D,30D,31D,34D. The fourth-order valence-electron chi connectivity index (χ4n) is 7.03. The van der Waals surface area contributed by atoms with Crippen molar-refractivity contribution < 1.29 is 17.8 Å². The van der Waals surface area contributed by atoms with Crippen molar-refractivity contribution in [1.82, 2.24) is 4.57 Å². The second kappa shape index (κ2) is 13.4. The third-order valence-electron chi connectivity index (χ3n) is 9.61. The highest BCUT2D eigenvalue weighted by molar-refractivity contribution is 6.10. The molecule has 0 saturated heterocycles. The fraction of sp³-hybridized carbons (Fsp3) is 0. The summed E-state index contributed by atoms with van der Waals surface area (Å²) in [4.78, 5) is 1.17. The molecule has 0 aliphatic heterocycles. The van der Waals surface area contributed by atoms with Crippen LogP contribution in [-0.2, 0) is 0 Å². The molecule has 0 fully saturated rings. The lowest BCUT2D eigenvalue weighted by atomic mass is 10.0. The second-order valence-corrected chi connectivity index (χ2v) is 12.8. The van der Waals surface area contributed by atoms with Crippen LogP contribution >= 0.6 is 0 Å². The van der Waals surface area contributed by atoms with E-state index < -0.39 is 95.4 Å². The van der Waals surface area contributed by atoms with E-state index in [1.807, 2.05) is 78.9 Å². The van der Waals surface area contributed by atoms with E-state index in [0.717, 1.165) is 49.4 Å². The summed E-state index contributed by atoms with van der Waals surface area (Å²) in [5.74, 6) is 0.